The van der Waals surface area contributed by atoms with Crippen molar-refractivity contribution >= 4 is 22.9 Å². The lowest BCUT2D eigenvalue weighted by atomic mass is 10.2. The number of hydrogen-bond acceptors (Lipinski definition) is 4. The van der Waals surface area contributed by atoms with Crippen molar-refractivity contribution < 1.29 is 4.79 Å². The molecule has 1 aromatic heterocycles. The van der Waals surface area contributed by atoms with Crippen LogP contribution in [0.3, 0.4) is 0 Å². The Labute approximate surface area is 156 Å². The summed E-state index contributed by atoms with van der Waals surface area (Å²) in [6, 6.07) is 26.3. The molecule has 27 heavy (non-hydrogen) atoms. The molecule has 0 fully saturated rings. The molecule has 5 nitrogen and oxygen atoms in total. The monoisotopic (exact) mass is 355 g/mol. The topological polar surface area (TPSA) is 55.2 Å². The van der Waals surface area contributed by atoms with E-state index in [1.807, 2.05) is 60.7 Å². The van der Waals surface area contributed by atoms with E-state index in [2.05, 4.69) is 4.98 Å². The van der Waals surface area contributed by atoms with Gasteiger partial charge in [0.2, 0.25) is 0 Å². The Morgan fingerprint density at radius 2 is 1.48 bits per heavy atom. The van der Waals surface area contributed by atoms with E-state index < -0.39 is 0 Å². The number of fused-ring (bicyclic) bond motifs is 1. The van der Waals surface area contributed by atoms with Crippen LogP contribution in [0.25, 0.3) is 10.9 Å². The van der Waals surface area contributed by atoms with Crippen molar-refractivity contribution in [3.63, 3.8) is 0 Å². The van der Waals surface area contributed by atoms with Crippen molar-refractivity contribution in [1.29, 1.82) is 0 Å². The first-order chi connectivity index (χ1) is 13.3. The van der Waals surface area contributed by atoms with Crippen molar-refractivity contribution in [3.8, 4) is 0 Å². The van der Waals surface area contributed by atoms with Gasteiger partial charge in [-0.3, -0.25) is 14.6 Å². The summed E-state index contributed by atoms with van der Waals surface area (Å²) in [5, 5.41) is 2.25. The molecule has 0 N–H and O–H groups in total. The number of hydrogen-bond donors (Lipinski definition) is 0. The van der Waals surface area contributed by atoms with Crippen LogP contribution >= 0.6 is 0 Å². The summed E-state index contributed by atoms with van der Waals surface area (Å²) in [5.74, 6) is 0.0680. The van der Waals surface area contributed by atoms with E-state index in [1.54, 1.807) is 29.3 Å². The maximum Gasteiger partial charge on any atom is 0.280 e. The minimum absolute atomic E-state index is 0.0680. The van der Waals surface area contributed by atoms with Gasteiger partial charge in [0.05, 0.1) is 23.1 Å². The maximum atomic E-state index is 13.2. The molecule has 0 spiro atoms. The molecule has 5 heteroatoms. The number of para-hydroxylation sites is 2. The summed E-state index contributed by atoms with van der Waals surface area (Å²) < 4.78 is 1.36. The SMILES string of the molecule is O=Cc1nc2ccccc2c(=O)n1N(Cc1ccccc1)c1ccccc1. The number of benzene rings is 3. The van der Waals surface area contributed by atoms with E-state index in [0.29, 0.717) is 23.7 Å². The van der Waals surface area contributed by atoms with Gasteiger partial charge in [-0.05, 0) is 29.8 Å². The fourth-order valence-electron chi connectivity index (χ4n) is 3.08. The molecule has 0 radical (unpaired) electrons. The van der Waals surface area contributed by atoms with Crippen LogP contribution in [0, 0.1) is 0 Å². The number of carbonyl (C=O) groups is 1. The number of aromatic nitrogens is 2. The van der Waals surface area contributed by atoms with Gasteiger partial charge in [-0.15, -0.1) is 0 Å². The van der Waals surface area contributed by atoms with Crippen molar-refractivity contribution in [3.05, 3.63) is 107 Å². The molecule has 4 rings (SSSR count). The largest absolute Gasteiger partial charge is 0.294 e. The summed E-state index contributed by atoms with van der Waals surface area (Å²) >= 11 is 0. The van der Waals surface area contributed by atoms with E-state index in [1.165, 1.54) is 4.68 Å². The molecule has 0 amide bonds. The summed E-state index contributed by atoms with van der Waals surface area (Å²) in [4.78, 5) is 29.4. The second-order valence-corrected chi connectivity index (χ2v) is 6.10. The lowest BCUT2D eigenvalue weighted by Crippen LogP contribution is -2.41. The normalized spacial score (nSPS) is 10.7. The van der Waals surface area contributed by atoms with Gasteiger partial charge in [0, 0.05) is 0 Å². The first-order valence-corrected chi connectivity index (χ1v) is 8.62. The third-order valence-electron chi connectivity index (χ3n) is 4.36. The van der Waals surface area contributed by atoms with Crippen LogP contribution in [0.1, 0.15) is 16.2 Å². The van der Waals surface area contributed by atoms with E-state index in [4.69, 9.17) is 0 Å². The van der Waals surface area contributed by atoms with Crippen molar-refractivity contribution in [2.75, 3.05) is 5.01 Å². The zero-order valence-electron chi connectivity index (χ0n) is 14.5. The van der Waals surface area contributed by atoms with Crippen molar-refractivity contribution in [2.24, 2.45) is 0 Å². The second-order valence-electron chi connectivity index (χ2n) is 6.10. The first kappa shape index (κ1) is 16.7. The van der Waals surface area contributed by atoms with Crippen LogP contribution in [0.2, 0.25) is 0 Å². The average molecular weight is 355 g/mol. The minimum Gasteiger partial charge on any atom is -0.294 e. The fourth-order valence-corrected chi connectivity index (χ4v) is 3.08. The average Bonchev–Trinajstić information content (AvgIpc) is 2.74. The number of nitrogens with zero attached hydrogens (tertiary/aromatic N) is 3. The van der Waals surface area contributed by atoms with Crippen LogP contribution in [-0.2, 0) is 6.54 Å². The van der Waals surface area contributed by atoms with Gasteiger partial charge in [0.25, 0.3) is 5.56 Å². The summed E-state index contributed by atoms with van der Waals surface area (Å²) in [6.45, 7) is 0.422. The zero-order valence-corrected chi connectivity index (χ0v) is 14.5. The molecule has 0 atom stereocenters. The Kier molecular flexibility index (Phi) is 4.49. The molecular weight excluding hydrogens is 338 g/mol. The zero-order chi connectivity index (χ0) is 18.6. The molecular formula is C22H17N3O2. The standard InChI is InChI=1S/C22H17N3O2/c26-16-21-23-20-14-8-7-13-19(20)22(27)25(21)24(18-11-5-2-6-12-18)15-17-9-3-1-4-10-17/h1-14,16H,15H2. The van der Waals surface area contributed by atoms with E-state index in [-0.39, 0.29) is 11.4 Å². The molecule has 1 heterocycles. The Hall–Kier alpha value is -3.73. The van der Waals surface area contributed by atoms with Gasteiger partial charge in [-0.25, -0.2) is 4.98 Å². The molecule has 0 saturated heterocycles. The Morgan fingerprint density at radius 1 is 0.852 bits per heavy atom. The van der Waals surface area contributed by atoms with Crippen LogP contribution < -0.4 is 10.6 Å². The predicted molar refractivity (Wildman–Crippen MR) is 106 cm³/mol. The molecule has 0 aliphatic carbocycles. The van der Waals surface area contributed by atoms with Crippen molar-refractivity contribution in [2.45, 2.75) is 6.54 Å². The van der Waals surface area contributed by atoms with Crippen LogP contribution in [0.4, 0.5) is 5.69 Å². The predicted octanol–water partition coefficient (Wildman–Crippen LogP) is 3.68. The van der Waals surface area contributed by atoms with Gasteiger partial charge in [-0.1, -0.05) is 60.7 Å². The summed E-state index contributed by atoms with van der Waals surface area (Å²) in [7, 11) is 0. The number of aldehydes is 1. The molecule has 0 unspecified atom stereocenters. The first-order valence-electron chi connectivity index (χ1n) is 8.62. The lowest BCUT2D eigenvalue weighted by Gasteiger charge is -2.27. The van der Waals surface area contributed by atoms with Crippen LogP contribution in [0.15, 0.2) is 89.7 Å². The van der Waals surface area contributed by atoms with E-state index in [0.717, 1.165) is 11.3 Å². The number of anilines is 1. The van der Waals surface area contributed by atoms with Gasteiger partial charge < -0.3 is 0 Å². The quantitative estimate of drug-likeness (QED) is 0.513. The Bertz CT molecular complexity index is 1140. The third kappa shape index (κ3) is 3.22. The highest BCUT2D eigenvalue weighted by atomic mass is 16.1. The highest BCUT2D eigenvalue weighted by molar-refractivity contribution is 5.81. The Morgan fingerprint density at radius 3 is 2.19 bits per heavy atom. The maximum absolute atomic E-state index is 13.2. The van der Waals surface area contributed by atoms with Gasteiger partial charge in [0.1, 0.15) is 0 Å². The fraction of sp³-hybridized carbons (Fsp3) is 0.0455. The van der Waals surface area contributed by atoms with E-state index in [9.17, 15) is 9.59 Å². The smallest absolute Gasteiger partial charge is 0.280 e. The molecule has 0 aliphatic heterocycles. The van der Waals surface area contributed by atoms with Crippen molar-refractivity contribution in [1.82, 2.24) is 9.66 Å². The number of rotatable bonds is 5. The highest BCUT2D eigenvalue weighted by Gasteiger charge is 2.18. The second kappa shape index (κ2) is 7.25. The van der Waals surface area contributed by atoms with Gasteiger partial charge >= 0.3 is 0 Å². The molecule has 3 aromatic carbocycles. The molecule has 0 bridgehead atoms. The minimum atomic E-state index is -0.275. The number of carbonyl (C=O) groups excluding carboxylic acids is 1. The van der Waals surface area contributed by atoms with E-state index >= 15 is 0 Å². The third-order valence-corrected chi connectivity index (χ3v) is 4.36. The molecule has 132 valence electrons. The van der Waals surface area contributed by atoms with Gasteiger partial charge in [-0.2, -0.15) is 4.68 Å². The van der Waals surface area contributed by atoms with Crippen LogP contribution in [-0.4, -0.2) is 15.9 Å². The summed E-state index contributed by atoms with van der Waals surface area (Å²) in [5.41, 5.74) is 2.04. The Balaban J connectivity index is 1.96. The van der Waals surface area contributed by atoms with Gasteiger partial charge in [0.15, 0.2) is 12.1 Å². The molecule has 0 aliphatic rings. The lowest BCUT2D eigenvalue weighted by molar-refractivity contribution is 0.111. The molecule has 0 saturated carbocycles. The van der Waals surface area contributed by atoms with Crippen LogP contribution in [0.5, 0.6) is 0 Å². The summed E-state index contributed by atoms with van der Waals surface area (Å²) in [6.07, 6.45) is 0.620. The highest BCUT2D eigenvalue weighted by Crippen LogP contribution is 2.19. The molecule has 4 aromatic rings.